The maximum absolute atomic E-state index is 5.74. The fourth-order valence-corrected chi connectivity index (χ4v) is 2.99. The highest BCUT2D eigenvalue weighted by Gasteiger charge is 2.35. The number of hydrogen-bond acceptors (Lipinski definition) is 3. The van der Waals surface area contributed by atoms with E-state index in [1.807, 2.05) is 0 Å². The second-order valence-electron chi connectivity index (χ2n) is 5.29. The molecule has 1 heterocycles. The van der Waals surface area contributed by atoms with E-state index in [0.717, 1.165) is 11.7 Å². The Morgan fingerprint density at radius 3 is 2.62 bits per heavy atom. The van der Waals surface area contributed by atoms with E-state index in [1.165, 1.54) is 37.9 Å². The third-order valence-corrected chi connectivity index (χ3v) is 4.08. The Labute approximate surface area is 96.2 Å². The number of aromatic nitrogens is 3. The monoisotopic (exact) mass is 220 g/mol. The fraction of sp³-hybridized carbons (Fsp3) is 0.833. The molecule has 0 saturated heterocycles. The fourth-order valence-electron chi connectivity index (χ4n) is 2.99. The first-order chi connectivity index (χ1) is 7.81. The van der Waals surface area contributed by atoms with Crippen molar-refractivity contribution < 1.29 is 0 Å². The number of nitrogens with zero attached hydrogens (tertiary/aromatic N) is 3. The van der Waals surface area contributed by atoms with E-state index >= 15 is 0 Å². The van der Waals surface area contributed by atoms with Crippen LogP contribution in [-0.4, -0.2) is 14.8 Å². The summed E-state index contributed by atoms with van der Waals surface area (Å²) in [5, 5.41) is 8.68. The zero-order chi connectivity index (χ0) is 11.1. The quantitative estimate of drug-likeness (QED) is 0.847. The van der Waals surface area contributed by atoms with Crippen molar-refractivity contribution in [1.82, 2.24) is 14.8 Å². The predicted octanol–water partition coefficient (Wildman–Crippen LogP) is 1.98. The van der Waals surface area contributed by atoms with Crippen molar-refractivity contribution in [1.29, 1.82) is 0 Å². The molecule has 88 valence electrons. The molecular formula is C12H20N4. The molecule has 0 radical (unpaired) electrons. The highest BCUT2D eigenvalue weighted by Crippen LogP contribution is 2.43. The largest absolute Gasteiger partial charge is 0.324 e. The van der Waals surface area contributed by atoms with Crippen molar-refractivity contribution in [3.63, 3.8) is 0 Å². The highest BCUT2D eigenvalue weighted by atomic mass is 15.3. The average Bonchev–Trinajstić information content (AvgIpc) is 2.90. The summed E-state index contributed by atoms with van der Waals surface area (Å²) in [6.45, 7) is 2.86. The van der Waals surface area contributed by atoms with E-state index < -0.39 is 0 Å². The third-order valence-electron chi connectivity index (χ3n) is 4.08. The Hall–Kier alpha value is -0.900. The summed E-state index contributed by atoms with van der Waals surface area (Å²) >= 11 is 0. The van der Waals surface area contributed by atoms with Gasteiger partial charge in [0.25, 0.3) is 0 Å². The zero-order valence-corrected chi connectivity index (χ0v) is 9.89. The minimum atomic E-state index is 0.518. The molecule has 3 rings (SSSR count). The van der Waals surface area contributed by atoms with Crippen LogP contribution in [0.1, 0.15) is 62.6 Å². The standard InChI is InChI=1S/C12H20N4/c1-8-3-2-4-10(8)12-15-14-11(7-13)16(12)9-5-6-9/h8-10H,2-7,13H2,1H3. The lowest BCUT2D eigenvalue weighted by atomic mass is 9.97. The molecule has 2 N–H and O–H groups in total. The third kappa shape index (κ3) is 1.56. The van der Waals surface area contributed by atoms with Crippen LogP contribution in [0.15, 0.2) is 0 Å². The molecule has 2 aliphatic rings. The number of nitrogens with two attached hydrogens (primary N) is 1. The number of hydrogen-bond donors (Lipinski definition) is 1. The van der Waals surface area contributed by atoms with Crippen molar-refractivity contribution in [2.45, 2.75) is 57.5 Å². The van der Waals surface area contributed by atoms with Crippen LogP contribution in [0.5, 0.6) is 0 Å². The second-order valence-corrected chi connectivity index (χ2v) is 5.29. The van der Waals surface area contributed by atoms with Crippen molar-refractivity contribution >= 4 is 0 Å². The van der Waals surface area contributed by atoms with Gasteiger partial charge < -0.3 is 10.3 Å². The molecule has 2 saturated carbocycles. The van der Waals surface area contributed by atoms with Crippen LogP contribution in [0, 0.1) is 5.92 Å². The van der Waals surface area contributed by atoms with E-state index in [9.17, 15) is 0 Å². The van der Waals surface area contributed by atoms with Crippen molar-refractivity contribution in [2.75, 3.05) is 0 Å². The number of rotatable bonds is 3. The first-order valence-corrected chi connectivity index (χ1v) is 6.45. The lowest BCUT2D eigenvalue weighted by Gasteiger charge is -2.16. The van der Waals surface area contributed by atoms with E-state index in [0.29, 0.717) is 18.5 Å². The lowest BCUT2D eigenvalue weighted by Crippen LogP contribution is -2.14. The van der Waals surface area contributed by atoms with Gasteiger partial charge >= 0.3 is 0 Å². The summed E-state index contributed by atoms with van der Waals surface area (Å²) in [5.41, 5.74) is 5.74. The van der Waals surface area contributed by atoms with Crippen molar-refractivity contribution in [2.24, 2.45) is 11.7 Å². The minimum absolute atomic E-state index is 0.518. The molecule has 2 atom stereocenters. The molecule has 4 nitrogen and oxygen atoms in total. The summed E-state index contributed by atoms with van der Waals surface area (Å²) in [7, 11) is 0. The van der Waals surface area contributed by atoms with Gasteiger partial charge in [0.1, 0.15) is 11.6 Å². The molecule has 0 aliphatic heterocycles. The van der Waals surface area contributed by atoms with Gasteiger partial charge in [-0.05, 0) is 31.6 Å². The minimum Gasteiger partial charge on any atom is -0.324 e. The Morgan fingerprint density at radius 2 is 2.06 bits per heavy atom. The topological polar surface area (TPSA) is 56.7 Å². The summed E-state index contributed by atoms with van der Waals surface area (Å²) in [5.74, 6) is 3.57. The predicted molar refractivity (Wildman–Crippen MR) is 61.9 cm³/mol. The van der Waals surface area contributed by atoms with Gasteiger partial charge in [-0.2, -0.15) is 0 Å². The second kappa shape index (κ2) is 3.84. The van der Waals surface area contributed by atoms with Crippen LogP contribution < -0.4 is 5.73 Å². The Balaban J connectivity index is 1.96. The first-order valence-electron chi connectivity index (χ1n) is 6.45. The molecule has 4 heteroatoms. The molecule has 0 spiro atoms. The van der Waals surface area contributed by atoms with Crippen LogP contribution in [-0.2, 0) is 6.54 Å². The van der Waals surface area contributed by atoms with Crippen molar-refractivity contribution in [3.05, 3.63) is 11.6 Å². The van der Waals surface area contributed by atoms with E-state index in [-0.39, 0.29) is 0 Å². The average molecular weight is 220 g/mol. The van der Waals surface area contributed by atoms with Gasteiger partial charge in [0.15, 0.2) is 0 Å². The van der Waals surface area contributed by atoms with E-state index in [1.54, 1.807) is 0 Å². The van der Waals surface area contributed by atoms with Crippen LogP contribution in [0.4, 0.5) is 0 Å². The maximum atomic E-state index is 5.74. The molecule has 2 fully saturated rings. The maximum Gasteiger partial charge on any atom is 0.147 e. The molecule has 1 aromatic rings. The molecule has 2 unspecified atom stereocenters. The van der Waals surface area contributed by atoms with Gasteiger partial charge in [0.2, 0.25) is 0 Å². The van der Waals surface area contributed by atoms with Gasteiger partial charge in [-0.3, -0.25) is 0 Å². The Morgan fingerprint density at radius 1 is 1.25 bits per heavy atom. The van der Waals surface area contributed by atoms with Crippen molar-refractivity contribution in [3.8, 4) is 0 Å². The van der Waals surface area contributed by atoms with Crippen LogP contribution in [0.2, 0.25) is 0 Å². The Kier molecular flexibility index (Phi) is 2.46. The highest BCUT2D eigenvalue weighted by molar-refractivity contribution is 5.09. The van der Waals surface area contributed by atoms with Gasteiger partial charge in [-0.25, -0.2) is 0 Å². The molecular weight excluding hydrogens is 200 g/mol. The van der Waals surface area contributed by atoms with Crippen LogP contribution >= 0.6 is 0 Å². The van der Waals surface area contributed by atoms with Crippen LogP contribution in [0.25, 0.3) is 0 Å². The van der Waals surface area contributed by atoms with E-state index in [2.05, 4.69) is 21.7 Å². The SMILES string of the molecule is CC1CCCC1c1nnc(CN)n1C1CC1. The van der Waals surface area contributed by atoms with E-state index in [4.69, 9.17) is 5.73 Å². The summed E-state index contributed by atoms with van der Waals surface area (Å²) in [6, 6.07) is 0.649. The van der Waals surface area contributed by atoms with Gasteiger partial charge in [-0.15, -0.1) is 10.2 Å². The summed E-state index contributed by atoms with van der Waals surface area (Å²) in [4.78, 5) is 0. The molecule has 1 aromatic heterocycles. The summed E-state index contributed by atoms with van der Waals surface area (Å²) < 4.78 is 2.34. The smallest absolute Gasteiger partial charge is 0.147 e. The zero-order valence-electron chi connectivity index (χ0n) is 9.89. The molecule has 0 bridgehead atoms. The van der Waals surface area contributed by atoms with Gasteiger partial charge in [0.05, 0.1) is 6.54 Å². The Bertz CT molecular complexity index is 380. The first kappa shape index (κ1) is 10.3. The molecule has 0 aromatic carbocycles. The lowest BCUT2D eigenvalue weighted by molar-refractivity contribution is 0.480. The van der Waals surface area contributed by atoms with Gasteiger partial charge in [0, 0.05) is 12.0 Å². The molecule has 0 amide bonds. The molecule has 16 heavy (non-hydrogen) atoms. The normalized spacial score (nSPS) is 29.9. The summed E-state index contributed by atoms with van der Waals surface area (Å²) in [6.07, 6.45) is 6.50. The molecule has 2 aliphatic carbocycles. The van der Waals surface area contributed by atoms with Crippen LogP contribution in [0.3, 0.4) is 0 Å². The van der Waals surface area contributed by atoms with Gasteiger partial charge in [-0.1, -0.05) is 13.3 Å².